The van der Waals surface area contributed by atoms with Crippen LogP contribution < -0.4 is 5.73 Å². The van der Waals surface area contributed by atoms with E-state index in [0.717, 1.165) is 40.9 Å². The van der Waals surface area contributed by atoms with Gasteiger partial charge in [0.05, 0.1) is 24.0 Å². The number of carbonyl (C=O) groups excluding carboxylic acids is 1. The molecule has 1 saturated heterocycles. The van der Waals surface area contributed by atoms with Gasteiger partial charge in [-0.25, -0.2) is 9.07 Å². The van der Waals surface area contributed by atoms with Gasteiger partial charge in [0.2, 0.25) is 5.91 Å². The smallest absolute Gasteiger partial charge is 0.221 e. The first-order chi connectivity index (χ1) is 17.5. The van der Waals surface area contributed by atoms with E-state index < -0.39 is 11.2 Å². The molecular weight excluding hydrogens is 477 g/mol. The van der Waals surface area contributed by atoms with E-state index in [4.69, 9.17) is 15.0 Å². The number of halogens is 1. The summed E-state index contributed by atoms with van der Waals surface area (Å²) in [6, 6.07) is 13.9. The van der Waals surface area contributed by atoms with E-state index >= 15 is 0 Å². The molecule has 1 saturated carbocycles. The van der Waals surface area contributed by atoms with Gasteiger partial charge in [0.1, 0.15) is 11.4 Å². The van der Waals surface area contributed by atoms with Crippen LogP contribution in [0, 0.1) is 17.7 Å². The average molecular weight is 506 g/mol. The van der Waals surface area contributed by atoms with Gasteiger partial charge in [0.15, 0.2) is 5.60 Å². The molecule has 2 atom stereocenters. The van der Waals surface area contributed by atoms with Crippen LogP contribution in [0.25, 0.3) is 11.8 Å². The second-order valence-corrected chi connectivity index (χ2v) is 8.60. The Hall–Kier alpha value is -3.38. The van der Waals surface area contributed by atoms with Crippen LogP contribution in [-0.2, 0) is 22.4 Å². The summed E-state index contributed by atoms with van der Waals surface area (Å²) in [5.74, 6) is 6.02. The third-order valence-electron chi connectivity index (χ3n) is 6.71. The van der Waals surface area contributed by atoms with Gasteiger partial charge >= 0.3 is 0 Å². The van der Waals surface area contributed by atoms with Crippen molar-refractivity contribution in [1.29, 1.82) is 0 Å². The molecule has 2 aliphatic carbocycles. The lowest BCUT2D eigenvalue weighted by Gasteiger charge is -2.19. The molecule has 3 aromatic rings. The fourth-order valence-electron chi connectivity index (χ4n) is 5.09. The molecule has 8 heteroatoms. The van der Waals surface area contributed by atoms with E-state index in [1.807, 2.05) is 49.0 Å². The topological polar surface area (TPSA) is 93.7 Å². The molecule has 1 spiro atoms. The molecule has 2 aromatic carbocycles. The maximum atomic E-state index is 13.3. The zero-order valence-corrected chi connectivity index (χ0v) is 21.1. The van der Waals surface area contributed by atoms with Crippen LogP contribution in [-0.4, -0.2) is 31.4 Å². The van der Waals surface area contributed by atoms with Crippen LogP contribution in [0.5, 0.6) is 0 Å². The third-order valence-corrected chi connectivity index (χ3v) is 6.71. The zero-order valence-electron chi connectivity index (χ0n) is 20.2. The summed E-state index contributed by atoms with van der Waals surface area (Å²) in [4.78, 5) is 11.4. The highest BCUT2D eigenvalue weighted by molar-refractivity contribution is 7.74. The highest BCUT2D eigenvalue weighted by Gasteiger charge is 2.75. The lowest BCUT2D eigenvalue weighted by atomic mass is 9.83. The standard InChI is InChI=1S/C26H20FN3O2.C2H6.H2OS/c27-21-5-7-22(8-6-21)30-23-14-20-10-12-25(26(20,32-25)15-19(23)16-29-30)11-9-17-3-1-2-4-18(17)13-24(28)31;2*1-2/h1-8,14,16H,10,12-13,15H2,(H2,28,31);1-2H3;1-2H. The van der Waals surface area contributed by atoms with Crippen molar-refractivity contribution in [2.75, 3.05) is 0 Å². The Morgan fingerprint density at radius 1 is 1.22 bits per heavy atom. The maximum absolute atomic E-state index is 13.3. The van der Waals surface area contributed by atoms with Crippen LogP contribution >= 0.6 is 12.9 Å². The number of fused-ring (bicyclic) bond motifs is 1. The SMILES string of the molecule is CC.NC(=O)Cc1ccccc1C#CC12CCC3=Cc4c(cnn4-c4ccc(F)cc4)CC31O2.OS. The number of primary amides is 1. The molecule has 1 aromatic heterocycles. The Morgan fingerprint density at radius 3 is 2.67 bits per heavy atom. The molecule has 2 unspecified atom stereocenters. The summed E-state index contributed by atoms with van der Waals surface area (Å²) in [6.45, 7) is 4.00. The normalized spacial score (nSPS) is 22.1. The number of benzene rings is 2. The van der Waals surface area contributed by atoms with Gasteiger partial charge in [-0.1, -0.05) is 43.9 Å². The van der Waals surface area contributed by atoms with Gasteiger partial charge < -0.3 is 15.0 Å². The lowest BCUT2D eigenvalue weighted by Crippen LogP contribution is -2.25. The highest BCUT2D eigenvalue weighted by atomic mass is 32.1. The summed E-state index contributed by atoms with van der Waals surface area (Å²) >= 11 is 2.53. The second kappa shape index (κ2) is 10.3. The number of rotatable bonds is 3. The number of ether oxygens (including phenoxy) is 1. The number of amides is 1. The number of nitrogens with two attached hydrogens (primary N) is 1. The zero-order chi connectivity index (χ0) is 25.9. The second-order valence-electron chi connectivity index (χ2n) is 8.60. The minimum absolute atomic E-state index is 0.168. The molecule has 2 fully saturated rings. The van der Waals surface area contributed by atoms with Crippen LogP contribution in [0.1, 0.15) is 49.1 Å². The van der Waals surface area contributed by atoms with Crippen LogP contribution in [0.4, 0.5) is 4.39 Å². The monoisotopic (exact) mass is 505 g/mol. The van der Waals surface area contributed by atoms with Gasteiger partial charge in [-0.3, -0.25) is 4.79 Å². The van der Waals surface area contributed by atoms with Crippen molar-refractivity contribution in [1.82, 2.24) is 9.78 Å². The number of carbonyl (C=O) groups is 1. The predicted molar refractivity (Wildman–Crippen MR) is 140 cm³/mol. The van der Waals surface area contributed by atoms with Crippen molar-refractivity contribution in [3.63, 3.8) is 0 Å². The molecule has 6 rings (SSSR count). The lowest BCUT2D eigenvalue weighted by molar-refractivity contribution is -0.117. The van der Waals surface area contributed by atoms with Gasteiger partial charge in [-0.05, 0) is 73.3 Å². The first-order valence-corrected chi connectivity index (χ1v) is 12.2. The van der Waals surface area contributed by atoms with Crippen LogP contribution in [0.15, 0.2) is 60.3 Å². The average Bonchev–Trinajstić information content (AvgIpc) is 3.17. The van der Waals surface area contributed by atoms with Gasteiger partial charge in [-0.2, -0.15) is 5.10 Å². The first kappa shape index (κ1) is 25.7. The van der Waals surface area contributed by atoms with Crippen molar-refractivity contribution < 1.29 is 18.5 Å². The highest BCUT2D eigenvalue weighted by Crippen LogP contribution is 2.65. The fraction of sp³-hybridized carbons (Fsp3) is 0.286. The molecule has 36 heavy (non-hydrogen) atoms. The van der Waals surface area contributed by atoms with Crippen LogP contribution in [0.3, 0.4) is 0 Å². The van der Waals surface area contributed by atoms with Gasteiger partial charge in [0.25, 0.3) is 0 Å². The summed E-state index contributed by atoms with van der Waals surface area (Å²) in [6.07, 6.45) is 6.64. The first-order valence-electron chi connectivity index (χ1n) is 11.8. The number of epoxide rings is 1. The van der Waals surface area contributed by atoms with Crippen molar-refractivity contribution in [2.45, 2.75) is 50.7 Å². The van der Waals surface area contributed by atoms with E-state index in [0.29, 0.717) is 6.42 Å². The van der Waals surface area contributed by atoms with E-state index in [2.05, 4.69) is 35.9 Å². The van der Waals surface area contributed by atoms with E-state index in [9.17, 15) is 9.18 Å². The quantitative estimate of drug-likeness (QED) is 0.207. The largest absolute Gasteiger partial charge is 0.369 e. The number of hydrogen-bond acceptors (Lipinski definition) is 5. The Kier molecular flexibility index (Phi) is 7.36. The van der Waals surface area contributed by atoms with E-state index in [1.165, 1.54) is 17.7 Å². The molecule has 0 bridgehead atoms. The Morgan fingerprint density at radius 2 is 1.94 bits per heavy atom. The molecule has 6 nitrogen and oxygen atoms in total. The molecule has 186 valence electrons. The number of hydrogen-bond donors (Lipinski definition) is 3. The number of thiol groups is 1. The van der Waals surface area contributed by atoms with Gasteiger partial charge in [-0.15, -0.1) is 0 Å². The van der Waals surface area contributed by atoms with E-state index in [1.54, 1.807) is 12.1 Å². The number of aromatic nitrogens is 2. The molecule has 2 heterocycles. The minimum atomic E-state index is -0.506. The number of nitrogens with zero attached hydrogens (tertiary/aromatic N) is 2. The Labute approximate surface area is 215 Å². The van der Waals surface area contributed by atoms with E-state index in [-0.39, 0.29) is 18.1 Å². The third kappa shape index (κ3) is 4.35. The molecule has 1 amide bonds. The molecule has 3 aliphatic rings. The fourth-order valence-corrected chi connectivity index (χ4v) is 5.09. The molecule has 1 aliphatic heterocycles. The summed E-state index contributed by atoms with van der Waals surface area (Å²) in [5, 5.41) is 4.54. The van der Waals surface area contributed by atoms with Crippen LogP contribution in [0.2, 0.25) is 0 Å². The Bertz CT molecular complexity index is 1370. The van der Waals surface area contributed by atoms with Crippen molar-refractivity contribution in [2.24, 2.45) is 5.73 Å². The van der Waals surface area contributed by atoms with Gasteiger partial charge in [0, 0.05) is 17.5 Å². The van der Waals surface area contributed by atoms with Crippen molar-refractivity contribution in [3.8, 4) is 17.5 Å². The summed E-state index contributed by atoms with van der Waals surface area (Å²) in [7, 11) is 0. The van der Waals surface area contributed by atoms with Crippen molar-refractivity contribution in [3.05, 3.63) is 88.5 Å². The molecule has 3 N–H and O–H groups in total. The maximum Gasteiger partial charge on any atom is 0.221 e. The molecule has 0 radical (unpaired) electrons. The summed E-state index contributed by atoms with van der Waals surface area (Å²) in [5.41, 5.74) is 10.3. The summed E-state index contributed by atoms with van der Waals surface area (Å²) < 4.78 is 28.2. The van der Waals surface area contributed by atoms with Crippen molar-refractivity contribution >= 4 is 24.9 Å². The minimum Gasteiger partial charge on any atom is -0.369 e. The Balaban J connectivity index is 0.000000726. The predicted octanol–water partition coefficient (Wildman–Crippen LogP) is 4.75. The molecular formula is C28H28FN3O3S.